The summed E-state index contributed by atoms with van der Waals surface area (Å²) in [5.74, 6) is 0.0499. The molecule has 0 saturated heterocycles. The van der Waals surface area contributed by atoms with E-state index >= 15 is 0 Å². The maximum Gasteiger partial charge on any atom is 0.362 e. The Morgan fingerprint density at radius 1 is 0.767 bits per heavy atom. The van der Waals surface area contributed by atoms with Gasteiger partial charge in [0.1, 0.15) is 0 Å². The molecule has 2 aromatic carbocycles. The molecule has 0 aliphatic rings. The van der Waals surface area contributed by atoms with Crippen molar-refractivity contribution in [2.45, 2.75) is 13.8 Å². The first-order valence-electron chi connectivity index (χ1n) is 8.90. The molecule has 0 fully saturated rings. The zero-order valence-electron chi connectivity index (χ0n) is 16.7. The molecule has 30 heavy (non-hydrogen) atoms. The average molecular weight is 427 g/mol. The van der Waals surface area contributed by atoms with Gasteiger partial charge < -0.3 is 10.6 Å². The highest BCUT2D eigenvalue weighted by atomic mass is 32.1. The fraction of sp³-hybridized carbons (Fsp3) is 0.105. The van der Waals surface area contributed by atoms with E-state index in [2.05, 4.69) is 31.0 Å². The molecule has 12 N–H and O–H groups in total. The van der Waals surface area contributed by atoms with Gasteiger partial charge in [0.2, 0.25) is 0 Å². The summed E-state index contributed by atoms with van der Waals surface area (Å²) in [5.41, 5.74) is 26.3. The Morgan fingerprint density at radius 2 is 1.17 bits per heavy atom. The zero-order valence-corrected chi connectivity index (χ0v) is 17.5. The van der Waals surface area contributed by atoms with Gasteiger partial charge in [-0.2, -0.15) is 10.2 Å². The number of benzene rings is 2. The van der Waals surface area contributed by atoms with Crippen molar-refractivity contribution >= 4 is 52.0 Å². The molecule has 10 nitrogen and oxygen atoms in total. The third-order valence-corrected chi connectivity index (χ3v) is 3.99. The van der Waals surface area contributed by atoms with Crippen molar-refractivity contribution < 1.29 is 10.2 Å². The monoisotopic (exact) mass is 426 g/mol. The fourth-order valence-corrected chi connectivity index (χ4v) is 2.60. The summed E-state index contributed by atoms with van der Waals surface area (Å²) >= 11 is 5.43. The standard InChI is InChI=1S/C19H24N10S/c1-11(26-28-17(20)21)13-5-3-7-15(9-13)24-19(30)25-16-8-4-6-14(10-16)12(2)27-29-18(22)23/h3-10H,1-2H3,(H4,20,21,28)(H4,22,23,29)(H2,24,25,30)/p+2/b26-11+,27-12+. The number of hydrazone groups is 2. The Morgan fingerprint density at radius 3 is 1.53 bits per heavy atom. The summed E-state index contributed by atoms with van der Waals surface area (Å²) in [6.07, 6.45) is 0. The summed E-state index contributed by atoms with van der Waals surface area (Å²) in [5, 5.41) is 20.0. The van der Waals surface area contributed by atoms with Crippen molar-refractivity contribution in [3.8, 4) is 0 Å². The summed E-state index contributed by atoms with van der Waals surface area (Å²) in [6, 6.07) is 15.2. The van der Waals surface area contributed by atoms with Crippen LogP contribution in [0.2, 0.25) is 0 Å². The van der Waals surface area contributed by atoms with Crippen LogP contribution in [-0.4, -0.2) is 28.5 Å². The van der Waals surface area contributed by atoms with Gasteiger partial charge in [0.25, 0.3) is 0 Å². The van der Waals surface area contributed by atoms with Gasteiger partial charge in [0, 0.05) is 22.5 Å². The van der Waals surface area contributed by atoms with Gasteiger partial charge >= 0.3 is 11.9 Å². The number of nitrogens with zero attached hydrogens (tertiary/aromatic N) is 2. The van der Waals surface area contributed by atoms with Crippen molar-refractivity contribution in [2.24, 2.45) is 33.1 Å². The summed E-state index contributed by atoms with van der Waals surface area (Å²) in [4.78, 5) is 0. The van der Waals surface area contributed by atoms with Crippen LogP contribution < -0.4 is 43.8 Å². The van der Waals surface area contributed by atoms with Gasteiger partial charge in [-0.3, -0.25) is 22.9 Å². The fourth-order valence-electron chi connectivity index (χ4n) is 2.36. The van der Waals surface area contributed by atoms with Crippen LogP contribution in [0.5, 0.6) is 0 Å². The van der Waals surface area contributed by atoms with E-state index in [1.54, 1.807) is 0 Å². The van der Waals surface area contributed by atoms with Gasteiger partial charge in [-0.25, -0.2) is 0 Å². The van der Waals surface area contributed by atoms with Crippen LogP contribution in [0.25, 0.3) is 0 Å². The minimum absolute atomic E-state index is 0.0249. The molecule has 0 aliphatic heterocycles. The largest absolute Gasteiger partial charge is 0.362 e. The van der Waals surface area contributed by atoms with E-state index in [9.17, 15) is 0 Å². The van der Waals surface area contributed by atoms with Crippen LogP contribution in [-0.2, 0) is 0 Å². The van der Waals surface area contributed by atoms with Gasteiger partial charge in [0.15, 0.2) is 5.11 Å². The number of anilines is 2. The van der Waals surface area contributed by atoms with Crippen molar-refractivity contribution in [3.63, 3.8) is 0 Å². The Labute approximate surface area is 179 Å². The van der Waals surface area contributed by atoms with E-state index < -0.39 is 0 Å². The Bertz CT molecular complexity index is 950. The van der Waals surface area contributed by atoms with Gasteiger partial charge in [-0.15, -0.1) is 10.2 Å². The number of hydrogen-bond donors (Lipinski definition) is 8. The highest BCUT2D eigenvalue weighted by Gasteiger charge is 2.05. The number of hydrogen-bond acceptors (Lipinski definition) is 3. The van der Waals surface area contributed by atoms with E-state index in [4.69, 9.17) is 35.2 Å². The second kappa shape index (κ2) is 10.5. The highest BCUT2D eigenvalue weighted by Crippen LogP contribution is 2.14. The van der Waals surface area contributed by atoms with E-state index in [0.717, 1.165) is 33.9 Å². The predicted octanol–water partition coefficient (Wildman–Crippen LogP) is -2.35. The highest BCUT2D eigenvalue weighted by molar-refractivity contribution is 7.80. The summed E-state index contributed by atoms with van der Waals surface area (Å²) in [7, 11) is 0. The number of rotatable bonds is 6. The normalized spacial score (nSPS) is 11.4. The number of guanidine groups is 2. The van der Waals surface area contributed by atoms with Crippen molar-refractivity contribution in [1.29, 1.82) is 0 Å². The molecule has 0 aliphatic carbocycles. The molecule has 0 unspecified atom stereocenters. The molecule has 0 bridgehead atoms. The first-order chi connectivity index (χ1) is 14.2. The predicted molar refractivity (Wildman–Crippen MR) is 126 cm³/mol. The minimum atomic E-state index is 0.0249. The maximum absolute atomic E-state index is 5.43. The van der Waals surface area contributed by atoms with Gasteiger partial charge in [-0.05, 0) is 50.3 Å². The first kappa shape index (κ1) is 22.3. The molecule has 0 spiro atoms. The van der Waals surface area contributed by atoms with Crippen molar-refractivity contribution in [2.75, 3.05) is 10.6 Å². The first-order valence-corrected chi connectivity index (χ1v) is 9.30. The van der Waals surface area contributed by atoms with Crippen LogP contribution in [0.4, 0.5) is 11.4 Å². The number of nitrogens with two attached hydrogens (primary N) is 4. The van der Waals surface area contributed by atoms with Crippen LogP contribution in [0, 0.1) is 0 Å². The number of nitrogens with one attached hydrogen (secondary N) is 4. The third kappa shape index (κ3) is 7.20. The zero-order chi connectivity index (χ0) is 22.1. The second-order valence-electron chi connectivity index (χ2n) is 6.27. The van der Waals surface area contributed by atoms with Gasteiger partial charge in [-0.1, -0.05) is 24.3 Å². The lowest BCUT2D eigenvalue weighted by molar-refractivity contribution is -0.464. The molecule has 0 saturated carbocycles. The lowest BCUT2D eigenvalue weighted by Crippen LogP contribution is -2.72. The third-order valence-electron chi connectivity index (χ3n) is 3.78. The molecule has 156 valence electrons. The molecule has 0 aromatic heterocycles. The Balaban J connectivity index is 2.10. The molecule has 0 radical (unpaired) electrons. The Kier molecular flexibility index (Phi) is 7.82. The molecule has 0 atom stereocenters. The molecule has 0 amide bonds. The smallest absolute Gasteiger partial charge is 0.332 e. The second-order valence-corrected chi connectivity index (χ2v) is 6.68. The summed E-state index contributed by atoms with van der Waals surface area (Å²) in [6.45, 7) is 3.68. The average Bonchev–Trinajstić information content (AvgIpc) is 2.70. The molecular formula is C19H26N10S+2. The topological polar surface area (TPSA) is 181 Å². The Hall–Kier alpha value is -3.99. The van der Waals surface area contributed by atoms with Crippen molar-refractivity contribution in [1.82, 2.24) is 0 Å². The van der Waals surface area contributed by atoms with E-state index in [1.807, 2.05) is 62.4 Å². The van der Waals surface area contributed by atoms with Gasteiger partial charge in [0.05, 0.1) is 11.4 Å². The van der Waals surface area contributed by atoms with E-state index in [0.29, 0.717) is 5.11 Å². The SMILES string of the molecule is C/C(=N\[NH+]=C(N)N)c1cccc(NC(=S)Nc2cccc(/C(C)=N/[NH+]=C(N)N)c2)c1. The quantitative estimate of drug-likeness (QED) is 0.110. The minimum Gasteiger partial charge on any atom is -0.332 e. The summed E-state index contributed by atoms with van der Waals surface area (Å²) < 4.78 is 0. The van der Waals surface area contributed by atoms with Crippen LogP contribution in [0.3, 0.4) is 0 Å². The molecular weight excluding hydrogens is 400 g/mol. The lowest BCUT2D eigenvalue weighted by Gasteiger charge is -2.12. The molecule has 2 aromatic rings. The lowest BCUT2D eigenvalue weighted by atomic mass is 10.1. The van der Waals surface area contributed by atoms with Crippen LogP contribution in [0.15, 0.2) is 58.7 Å². The van der Waals surface area contributed by atoms with Crippen molar-refractivity contribution in [3.05, 3.63) is 59.7 Å². The molecule has 2 rings (SSSR count). The van der Waals surface area contributed by atoms with E-state index in [1.165, 1.54) is 0 Å². The van der Waals surface area contributed by atoms with E-state index in [-0.39, 0.29) is 11.9 Å². The van der Waals surface area contributed by atoms with Crippen LogP contribution >= 0.6 is 12.2 Å². The molecule has 0 heterocycles. The number of thiocarbonyl (C=S) groups is 1. The van der Waals surface area contributed by atoms with Crippen LogP contribution in [0.1, 0.15) is 25.0 Å². The molecule has 11 heteroatoms. The maximum atomic E-state index is 5.43.